The van der Waals surface area contributed by atoms with Gasteiger partial charge in [-0.05, 0) is 38.0 Å². The summed E-state index contributed by atoms with van der Waals surface area (Å²) in [5, 5.41) is 0. The first-order chi connectivity index (χ1) is 7.67. The first-order valence-corrected chi connectivity index (χ1v) is 7.18. The second-order valence-corrected chi connectivity index (χ2v) is 5.03. The minimum atomic E-state index is 0.338. The fourth-order valence-corrected chi connectivity index (χ4v) is 2.58. The molecule has 1 unspecified atom stereocenters. The van der Waals surface area contributed by atoms with Crippen LogP contribution in [0.4, 0.5) is 0 Å². The van der Waals surface area contributed by atoms with Crippen molar-refractivity contribution in [2.45, 2.75) is 33.3 Å². The van der Waals surface area contributed by atoms with E-state index in [1.54, 1.807) is 0 Å². The summed E-state index contributed by atoms with van der Waals surface area (Å²) in [6, 6.07) is 2.15. The van der Waals surface area contributed by atoms with Crippen molar-refractivity contribution in [1.29, 1.82) is 0 Å². The molecular weight excluding hydrogens is 315 g/mol. The van der Waals surface area contributed by atoms with E-state index < -0.39 is 0 Å². The molecule has 3 heteroatoms. The number of fused-ring (bicyclic) bond motifs is 1. The van der Waals surface area contributed by atoms with Crippen LogP contribution in [0.2, 0.25) is 0 Å². The predicted octanol–water partition coefficient (Wildman–Crippen LogP) is 3.44. The molecule has 1 aromatic rings. The smallest absolute Gasteiger partial charge is 0.126 e. The number of benzene rings is 1. The van der Waals surface area contributed by atoms with Gasteiger partial charge in [0.2, 0.25) is 0 Å². The van der Waals surface area contributed by atoms with Crippen LogP contribution in [0.3, 0.4) is 0 Å². The van der Waals surface area contributed by atoms with Crippen LogP contribution in [-0.2, 0) is 6.42 Å². The maximum atomic E-state index is 5.94. The molecule has 16 heavy (non-hydrogen) atoms. The van der Waals surface area contributed by atoms with E-state index in [0.717, 1.165) is 29.0 Å². The predicted molar refractivity (Wildman–Crippen MR) is 74.1 cm³/mol. The number of hydrogen-bond acceptors (Lipinski definition) is 2. The zero-order chi connectivity index (χ0) is 11.7. The molecule has 0 aromatic heterocycles. The SMILES string of the molecule is CCOc1cc2c(c(C)c1C)OC(CI)C2. The van der Waals surface area contributed by atoms with E-state index in [0.29, 0.717) is 6.10 Å². The van der Waals surface area contributed by atoms with E-state index in [1.165, 1.54) is 16.7 Å². The number of ether oxygens (including phenoxy) is 2. The summed E-state index contributed by atoms with van der Waals surface area (Å²) in [6.07, 6.45) is 1.35. The number of alkyl halides is 1. The highest BCUT2D eigenvalue weighted by Crippen LogP contribution is 2.39. The van der Waals surface area contributed by atoms with Gasteiger partial charge in [0, 0.05) is 16.4 Å². The summed E-state index contributed by atoms with van der Waals surface area (Å²) >= 11 is 2.38. The van der Waals surface area contributed by atoms with Crippen LogP contribution >= 0.6 is 22.6 Å². The molecule has 0 saturated carbocycles. The molecule has 0 radical (unpaired) electrons. The first-order valence-electron chi connectivity index (χ1n) is 5.65. The lowest BCUT2D eigenvalue weighted by molar-refractivity contribution is 0.260. The lowest BCUT2D eigenvalue weighted by Crippen LogP contribution is -2.13. The van der Waals surface area contributed by atoms with Gasteiger partial charge in [-0.3, -0.25) is 0 Å². The average Bonchev–Trinajstić information content (AvgIpc) is 2.69. The topological polar surface area (TPSA) is 18.5 Å². The first kappa shape index (κ1) is 12.0. The average molecular weight is 332 g/mol. The van der Waals surface area contributed by atoms with Crippen LogP contribution in [0.25, 0.3) is 0 Å². The summed E-state index contributed by atoms with van der Waals surface area (Å²) in [5.41, 5.74) is 3.73. The van der Waals surface area contributed by atoms with Gasteiger partial charge >= 0.3 is 0 Å². The van der Waals surface area contributed by atoms with E-state index >= 15 is 0 Å². The van der Waals surface area contributed by atoms with Crippen LogP contribution < -0.4 is 9.47 Å². The number of hydrogen-bond donors (Lipinski definition) is 0. The Hall–Kier alpha value is -0.450. The van der Waals surface area contributed by atoms with Crippen LogP contribution in [0.15, 0.2) is 6.07 Å². The van der Waals surface area contributed by atoms with E-state index in [4.69, 9.17) is 9.47 Å². The van der Waals surface area contributed by atoms with E-state index in [1.807, 2.05) is 6.92 Å². The highest BCUT2D eigenvalue weighted by Gasteiger charge is 2.25. The molecule has 2 nitrogen and oxygen atoms in total. The molecule has 0 bridgehead atoms. The Kier molecular flexibility index (Phi) is 3.62. The van der Waals surface area contributed by atoms with Gasteiger partial charge in [0.15, 0.2) is 0 Å². The van der Waals surface area contributed by atoms with Gasteiger partial charge < -0.3 is 9.47 Å². The van der Waals surface area contributed by atoms with Crippen molar-refractivity contribution in [1.82, 2.24) is 0 Å². The van der Waals surface area contributed by atoms with Gasteiger partial charge in [0.1, 0.15) is 17.6 Å². The molecule has 0 fully saturated rings. The minimum Gasteiger partial charge on any atom is -0.494 e. The van der Waals surface area contributed by atoms with E-state index in [-0.39, 0.29) is 0 Å². The minimum absolute atomic E-state index is 0.338. The molecule has 88 valence electrons. The maximum absolute atomic E-state index is 5.94. The second kappa shape index (κ2) is 4.82. The Balaban J connectivity index is 2.40. The Labute approximate surface area is 110 Å². The lowest BCUT2D eigenvalue weighted by Gasteiger charge is -2.13. The maximum Gasteiger partial charge on any atom is 0.126 e. The molecule has 0 N–H and O–H groups in total. The molecule has 2 rings (SSSR count). The Morgan fingerprint density at radius 3 is 2.81 bits per heavy atom. The normalized spacial score (nSPS) is 18.1. The van der Waals surface area contributed by atoms with Crippen molar-refractivity contribution >= 4 is 22.6 Å². The quantitative estimate of drug-likeness (QED) is 0.624. The second-order valence-electron chi connectivity index (χ2n) is 4.14. The largest absolute Gasteiger partial charge is 0.494 e. The van der Waals surface area contributed by atoms with Crippen LogP contribution in [-0.4, -0.2) is 17.1 Å². The van der Waals surface area contributed by atoms with Gasteiger partial charge in [-0.15, -0.1) is 0 Å². The summed E-state index contributed by atoms with van der Waals surface area (Å²) < 4.78 is 12.6. The molecule has 0 saturated heterocycles. The zero-order valence-electron chi connectivity index (χ0n) is 9.97. The van der Waals surface area contributed by atoms with Crippen LogP contribution in [0.5, 0.6) is 11.5 Å². The van der Waals surface area contributed by atoms with Gasteiger partial charge in [-0.25, -0.2) is 0 Å². The number of rotatable bonds is 3. The number of halogens is 1. The van der Waals surface area contributed by atoms with Gasteiger partial charge in [-0.2, -0.15) is 0 Å². The van der Waals surface area contributed by atoms with Crippen LogP contribution in [0.1, 0.15) is 23.6 Å². The highest BCUT2D eigenvalue weighted by atomic mass is 127. The third kappa shape index (κ3) is 2.01. The molecule has 0 amide bonds. The van der Waals surface area contributed by atoms with Crippen LogP contribution in [0, 0.1) is 13.8 Å². The zero-order valence-corrected chi connectivity index (χ0v) is 12.1. The van der Waals surface area contributed by atoms with E-state index in [9.17, 15) is 0 Å². The molecule has 0 aliphatic carbocycles. The third-order valence-corrected chi connectivity index (χ3v) is 4.06. The highest BCUT2D eigenvalue weighted by molar-refractivity contribution is 14.1. The van der Waals surface area contributed by atoms with Gasteiger partial charge in [-0.1, -0.05) is 22.6 Å². The molecule has 0 spiro atoms. The summed E-state index contributed by atoms with van der Waals surface area (Å²) in [5.74, 6) is 2.10. The standard InChI is InChI=1S/C13H17IO2/c1-4-15-12-6-10-5-11(7-14)16-13(10)9(3)8(12)2/h6,11H,4-5,7H2,1-3H3. The van der Waals surface area contributed by atoms with Crippen molar-refractivity contribution in [3.63, 3.8) is 0 Å². The molecule has 1 atom stereocenters. The van der Waals surface area contributed by atoms with Crippen molar-refractivity contribution in [2.75, 3.05) is 11.0 Å². The molecule has 1 aliphatic rings. The summed E-state index contributed by atoms with van der Waals surface area (Å²) in [6.45, 7) is 6.95. The fraction of sp³-hybridized carbons (Fsp3) is 0.538. The van der Waals surface area contributed by atoms with Crippen molar-refractivity contribution in [2.24, 2.45) is 0 Å². The van der Waals surface area contributed by atoms with Gasteiger partial charge in [0.25, 0.3) is 0 Å². The molecule has 1 aromatic carbocycles. The van der Waals surface area contributed by atoms with E-state index in [2.05, 4.69) is 42.5 Å². The molecular formula is C13H17IO2. The monoisotopic (exact) mass is 332 g/mol. The Bertz CT molecular complexity index is 401. The fourth-order valence-electron chi connectivity index (χ4n) is 2.09. The summed E-state index contributed by atoms with van der Waals surface area (Å²) in [7, 11) is 0. The molecule has 1 aliphatic heterocycles. The Morgan fingerprint density at radius 2 is 2.19 bits per heavy atom. The van der Waals surface area contributed by atoms with Crippen molar-refractivity contribution < 1.29 is 9.47 Å². The Morgan fingerprint density at radius 1 is 1.44 bits per heavy atom. The van der Waals surface area contributed by atoms with Crippen molar-refractivity contribution in [3.8, 4) is 11.5 Å². The van der Waals surface area contributed by atoms with Crippen molar-refractivity contribution in [3.05, 3.63) is 22.8 Å². The summed E-state index contributed by atoms with van der Waals surface area (Å²) in [4.78, 5) is 0. The lowest BCUT2D eigenvalue weighted by atomic mass is 10.0. The molecule has 1 heterocycles. The third-order valence-electron chi connectivity index (χ3n) is 3.07. The van der Waals surface area contributed by atoms with Gasteiger partial charge in [0.05, 0.1) is 6.61 Å².